The second kappa shape index (κ2) is 5.59. The maximum Gasteiger partial charge on any atom is 0.302 e. The molecule has 0 heterocycles. The molecule has 56 valence electrons. The van der Waals surface area contributed by atoms with Gasteiger partial charge in [0.25, 0.3) is 0 Å². The number of hydrogen-bond acceptors (Lipinski definition) is 2. The Balaban J connectivity index is 0. The van der Waals surface area contributed by atoms with Crippen LogP contribution >= 0.6 is 34.8 Å². The van der Waals surface area contributed by atoms with E-state index in [1.807, 2.05) is 0 Å². The summed E-state index contributed by atoms with van der Waals surface area (Å²) in [6.07, 6.45) is 0. The third-order valence-corrected chi connectivity index (χ3v) is 0.766. The molecule has 0 aliphatic heterocycles. The van der Waals surface area contributed by atoms with Crippen molar-refractivity contribution < 1.29 is 29.0 Å². The van der Waals surface area contributed by atoms with Crippen LogP contribution in [0, 0.1) is 0 Å². The number of esters is 1. The molecule has 0 aromatic carbocycles. The van der Waals surface area contributed by atoms with Crippen LogP contribution in [0.4, 0.5) is 0 Å². The number of alkyl halides is 3. The zero-order valence-corrected chi connectivity index (χ0v) is 10.6. The summed E-state index contributed by atoms with van der Waals surface area (Å²) >= 11 is 15.7. The first-order valence-electron chi connectivity index (χ1n) is 2.12. The second-order valence-electron chi connectivity index (χ2n) is 1.40. The zero-order chi connectivity index (χ0) is 7.49. The predicted molar refractivity (Wildman–Crippen MR) is 36.9 cm³/mol. The van der Waals surface area contributed by atoms with Gasteiger partial charge in [0.15, 0.2) is 0 Å². The predicted octanol–water partition coefficient (Wildman–Crippen LogP) is 1.92. The first-order chi connectivity index (χ1) is 3.92. The monoisotopic (exact) mass is 254 g/mol. The van der Waals surface area contributed by atoms with E-state index in [-0.39, 0.29) is 26.1 Å². The van der Waals surface area contributed by atoms with Gasteiger partial charge >= 0.3 is 5.97 Å². The second-order valence-corrected chi connectivity index (χ2v) is 3.91. The Bertz CT molecular complexity index is 112. The molecule has 2 nitrogen and oxygen atoms in total. The van der Waals surface area contributed by atoms with Gasteiger partial charge < -0.3 is 4.74 Å². The number of rotatable bonds is 1. The summed E-state index contributed by atoms with van der Waals surface area (Å²) in [5, 5.41) is 0. The summed E-state index contributed by atoms with van der Waals surface area (Å²) in [6, 6.07) is 0. The van der Waals surface area contributed by atoms with Gasteiger partial charge in [0, 0.05) is 26.4 Å². The molecule has 6 heteroatoms. The molecule has 10 heavy (non-hydrogen) atoms. The van der Waals surface area contributed by atoms with E-state index >= 15 is 0 Å². The van der Waals surface area contributed by atoms with Gasteiger partial charge in [-0.05, 0) is 0 Å². The van der Waals surface area contributed by atoms with E-state index in [0.717, 1.165) is 0 Å². The fourth-order valence-electron chi connectivity index (χ4n) is 0.183. The van der Waals surface area contributed by atoms with Crippen molar-refractivity contribution in [3.05, 3.63) is 0 Å². The largest absolute Gasteiger partial charge is 0.461 e. The molecule has 0 radical (unpaired) electrons. The normalized spacial score (nSPS) is 10.0. The SMILES string of the molecule is CC(=O)OCC(Cl)(Cl)Cl.[Zn]. The molecule has 0 atom stereocenters. The first kappa shape index (κ1) is 13.5. The van der Waals surface area contributed by atoms with Gasteiger partial charge in [-0.1, -0.05) is 34.8 Å². The minimum absolute atomic E-state index is 0. The van der Waals surface area contributed by atoms with E-state index in [9.17, 15) is 4.79 Å². The molecule has 0 aliphatic rings. The number of ether oxygens (including phenoxy) is 1. The molecule has 0 bridgehead atoms. The number of hydrogen-bond donors (Lipinski definition) is 0. The summed E-state index contributed by atoms with van der Waals surface area (Å²) in [4.78, 5) is 10.1. The van der Waals surface area contributed by atoms with E-state index in [1.54, 1.807) is 0 Å². The maximum atomic E-state index is 10.1. The van der Waals surface area contributed by atoms with Crippen molar-refractivity contribution in [2.24, 2.45) is 0 Å². The minimum atomic E-state index is -1.49. The summed E-state index contributed by atoms with van der Waals surface area (Å²) in [5.41, 5.74) is 0. The molecule has 0 aliphatic carbocycles. The summed E-state index contributed by atoms with van der Waals surface area (Å²) in [6.45, 7) is 1.05. The Morgan fingerprint density at radius 2 is 1.90 bits per heavy atom. The number of carbonyl (C=O) groups is 1. The van der Waals surface area contributed by atoms with Crippen LogP contribution in [0.25, 0.3) is 0 Å². The van der Waals surface area contributed by atoms with E-state index in [0.29, 0.717) is 0 Å². The van der Waals surface area contributed by atoms with Gasteiger partial charge in [-0.25, -0.2) is 0 Å². The van der Waals surface area contributed by atoms with E-state index in [4.69, 9.17) is 34.8 Å². The van der Waals surface area contributed by atoms with E-state index < -0.39 is 9.76 Å². The molecule has 0 aromatic rings. The van der Waals surface area contributed by atoms with E-state index in [1.165, 1.54) is 6.92 Å². The maximum absolute atomic E-state index is 10.1. The molecular weight excluding hydrogens is 252 g/mol. The van der Waals surface area contributed by atoms with Crippen LogP contribution in [0.2, 0.25) is 0 Å². The molecule has 0 amide bonds. The Morgan fingerprint density at radius 1 is 1.50 bits per heavy atom. The van der Waals surface area contributed by atoms with Crippen molar-refractivity contribution in [3.63, 3.8) is 0 Å². The van der Waals surface area contributed by atoms with Gasteiger partial charge in [0.1, 0.15) is 6.61 Å². The molecule has 0 spiro atoms. The van der Waals surface area contributed by atoms with Gasteiger partial charge in [0.2, 0.25) is 3.79 Å². The Morgan fingerprint density at radius 3 is 2.00 bits per heavy atom. The van der Waals surface area contributed by atoms with Crippen LogP contribution in [0.15, 0.2) is 0 Å². The molecular formula is C4H5Cl3O2Zn. The summed E-state index contributed by atoms with van der Waals surface area (Å²) in [7, 11) is 0. The molecule has 0 aromatic heterocycles. The zero-order valence-electron chi connectivity index (χ0n) is 5.36. The molecule has 0 fully saturated rings. The van der Waals surface area contributed by atoms with Gasteiger partial charge in [-0.2, -0.15) is 0 Å². The van der Waals surface area contributed by atoms with Crippen LogP contribution in [0.5, 0.6) is 0 Å². The summed E-state index contributed by atoms with van der Waals surface area (Å²) in [5.74, 6) is -0.457. The van der Waals surface area contributed by atoms with Crippen LogP contribution in [-0.2, 0) is 29.0 Å². The van der Waals surface area contributed by atoms with Crippen molar-refractivity contribution in [3.8, 4) is 0 Å². The molecule has 0 N–H and O–H groups in total. The smallest absolute Gasteiger partial charge is 0.302 e. The fraction of sp³-hybridized carbons (Fsp3) is 0.750. The average Bonchev–Trinajstić information content (AvgIpc) is 1.59. The van der Waals surface area contributed by atoms with Crippen molar-refractivity contribution in [1.82, 2.24) is 0 Å². The van der Waals surface area contributed by atoms with Crippen LogP contribution in [-0.4, -0.2) is 16.4 Å². The van der Waals surface area contributed by atoms with Crippen LogP contribution < -0.4 is 0 Å². The van der Waals surface area contributed by atoms with Gasteiger partial charge in [-0.3, -0.25) is 4.79 Å². The Hall–Kier alpha value is 0.963. The topological polar surface area (TPSA) is 26.3 Å². The van der Waals surface area contributed by atoms with Crippen molar-refractivity contribution >= 4 is 40.8 Å². The third kappa shape index (κ3) is 11.7. The molecule has 0 unspecified atom stereocenters. The van der Waals surface area contributed by atoms with Crippen molar-refractivity contribution in [2.45, 2.75) is 10.7 Å². The fourth-order valence-corrected chi connectivity index (χ4v) is 0.347. The van der Waals surface area contributed by atoms with Gasteiger partial charge in [-0.15, -0.1) is 0 Å². The summed E-state index contributed by atoms with van der Waals surface area (Å²) < 4.78 is 2.88. The quantitative estimate of drug-likeness (QED) is 0.407. The Kier molecular flexibility index (Phi) is 7.58. The molecule has 0 rings (SSSR count). The van der Waals surface area contributed by atoms with Crippen molar-refractivity contribution in [2.75, 3.05) is 6.61 Å². The van der Waals surface area contributed by atoms with Crippen LogP contribution in [0.1, 0.15) is 6.92 Å². The first-order valence-corrected chi connectivity index (χ1v) is 3.25. The van der Waals surface area contributed by atoms with Crippen LogP contribution in [0.3, 0.4) is 0 Å². The van der Waals surface area contributed by atoms with E-state index in [2.05, 4.69) is 4.74 Å². The minimum Gasteiger partial charge on any atom is -0.461 e. The molecule has 0 saturated heterocycles. The third-order valence-electron chi connectivity index (χ3n) is 0.439. The number of carbonyl (C=O) groups excluding carboxylic acids is 1. The molecule has 0 saturated carbocycles. The standard InChI is InChI=1S/C4H5Cl3O2.Zn/c1-3(8)9-2-4(5,6)7;/h2H2,1H3;. The average molecular weight is 257 g/mol. The van der Waals surface area contributed by atoms with Crippen molar-refractivity contribution in [1.29, 1.82) is 0 Å². The van der Waals surface area contributed by atoms with Gasteiger partial charge in [0.05, 0.1) is 0 Å². The Labute approximate surface area is 86.9 Å². The number of halogens is 3.